The fourth-order valence-corrected chi connectivity index (χ4v) is 1.91. The molecule has 0 unspecified atom stereocenters. The van der Waals surface area contributed by atoms with Crippen LogP contribution >= 0.6 is 0 Å². The van der Waals surface area contributed by atoms with Crippen molar-refractivity contribution in [2.75, 3.05) is 12.4 Å². The van der Waals surface area contributed by atoms with Crippen LogP contribution in [0.15, 0.2) is 42.5 Å². The summed E-state index contributed by atoms with van der Waals surface area (Å²) in [5.74, 6) is -0.347. The summed E-state index contributed by atoms with van der Waals surface area (Å²) in [4.78, 5) is 11.4. The highest BCUT2D eigenvalue weighted by molar-refractivity contribution is 5.94. The van der Waals surface area contributed by atoms with E-state index in [1.807, 2.05) is 19.1 Å². The molecular weight excluding hydrogens is 255 g/mol. The number of halogens is 1. The number of carbonyl (C=O) groups is 1. The van der Waals surface area contributed by atoms with Crippen LogP contribution < -0.4 is 10.6 Å². The van der Waals surface area contributed by atoms with Gasteiger partial charge in [0, 0.05) is 24.8 Å². The van der Waals surface area contributed by atoms with Crippen molar-refractivity contribution < 1.29 is 9.18 Å². The first-order valence-corrected chi connectivity index (χ1v) is 6.41. The summed E-state index contributed by atoms with van der Waals surface area (Å²) >= 11 is 0. The Kier molecular flexibility index (Phi) is 4.35. The molecule has 2 aromatic rings. The summed E-state index contributed by atoms with van der Waals surface area (Å²) in [7, 11) is 1.60. The Morgan fingerprint density at radius 1 is 1.15 bits per heavy atom. The quantitative estimate of drug-likeness (QED) is 0.898. The predicted molar refractivity (Wildman–Crippen MR) is 78.3 cm³/mol. The molecule has 2 rings (SSSR count). The van der Waals surface area contributed by atoms with E-state index in [1.165, 1.54) is 12.1 Å². The predicted octanol–water partition coefficient (Wildman–Crippen LogP) is 3.11. The number of anilines is 1. The SMILES string of the molecule is CNC(=O)c1ccc(NCc2cc(F)ccc2C)cc1. The van der Waals surface area contributed by atoms with Gasteiger partial charge in [-0.15, -0.1) is 0 Å². The first-order valence-electron chi connectivity index (χ1n) is 6.41. The van der Waals surface area contributed by atoms with Gasteiger partial charge >= 0.3 is 0 Å². The Labute approximate surface area is 117 Å². The molecule has 0 bridgehead atoms. The summed E-state index contributed by atoms with van der Waals surface area (Å²) in [5.41, 5.74) is 3.46. The number of amides is 1. The van der Waals surface area contributed by atoms with Crippen LogP contribution in [0, 0.1) is 12.7 Å². The summed E-state index contributed by atoms with van der Waals surface area (Å²) in [6.45, 7) is 2.49. The number of aryl methyl sites for hydroxylation is 1. The lowest BCUT2D eigenvalue weighted by Crippen LogP contribution is -2.17. The van der Waals surface area contributed by atoms with Gasteiger partial charge in [-0.2, -0.15) is 0 Å². The molecule has 0 heterocycles. The molecular formula is C16H17FN2O. The number of hydrogen-bond donors (Lipinski definition) is 2. The van der Waals surface area contributed by atoms with Gasteiger partial charge in [-0.05, 0) is 54.4 Å². The molecule has 4 heteroatoms. The molecule has 3 nitrogen and oxygen atoms in total. The van der Waals surface area contributed by atoms with Crippen molar-refractivity contribution in [3.63, 3.8) is 0 Å². The van der Waals surface area contributed by atoms with Crippen LogP contribution in [0.3, 0.4) is 0 Å². The molecule has 2 N–H and O–H groups in total. The number of hydrogen-bond acceptors (Lipinski definition) is 2. The van der Waals surface area contributed by atoms with E-state index in [1.54, 1.807) is 25.2 Å². The highest BCUT2D eigenvalue weighted by Crippen LogP contribution is 2.14. The zero-order valence-electron chi connectivity index (χ0n) is 11.5. The molecule has 104 valence electrons. The van der Waals surface area contributed by atoms with Crippen molar-refractivity contribution in [2.24, 2.45) is 0 Å². The lowest BCUT2D eigenvalue weighted by Gasteiger charge is -2.10. The fraction of sp³-hybridized carbons (Fsp3) is 0.188. The third kappa shape index (κ3) is 3.35. The van der Waals surface area contributed by atoms with Crippen LogP contribution in [0.2, 0.25) is 0 Å². The molecule has 20 heavy (non-hydrogen) atoms. The second-order valence-corrected chi connectivity index (χ2v) is 4.58. The van der Waals surface area contributed by atoms with Crippen molar-refractivity contribution >= 4 is 11.6 Å². The molecule has 0 radical (unpaired) electrons. The van der Waals surface area contributed by atoms with Gasteiger partial charge in [0.25, 0.3) is 5.91 Å². The molecule has 0 spiro atoms. The highest BCUT2D eigenvalue weighted by Gasteiger charge is 2.03. The average Bonchev–Trinajstić information content (AvgIpc) is 2.48. The standard InChI is InChI=1S/C16H17FN2O/c1-11-3-6-14(17)9-13(11)10-19-15-7-4-12(5-8-15)16(20)18-2/h3-9,19H,10H2,1-2H3,(H,18,20). The number of rotatable bonds is 4. The van der Waals surface area contributed by atoms with Gasteiger partial charge < -0.3 is 10.6 Å². The van der Waals surface area contributed by atoms with Crippen molar-refractivity contribution in [2.45, 2.75) is 13.5 Å². The summed E-state index contributed by atoms with van der Waals surface area (Å²) in [6.07, 6.45) is 0. The van der Waals surface area contributed by atoms with Crippen molar-refractivity contribution in [1.82, 2.24) is 5.32 Å². The van der Waals surface area contributed by atoms with E-state index in [-0.39, 0.29) is 11.7 Å². The van der Waals surface area contributed by atoms with Gasteiger partial charge in [0.1, 0.15) is 5.82 Å². The van der Waals surface area contributed by atoms with Gasteiger partial charge in [0.05, 0.1) is 0 Å². The lowest BCUT2D eigenvalue weighted by molar-refractivity contribution is 0.0963. The second-order valence-electron chi connectivity index (χ2n) is 4.58. The molecule has 0 fully saturated rings. The smallest absolute Gasteiger partial charge is 0.251 e. The Morgan fingerprint density at radius 2 is 1.85 bits per heavy atom. The molecule has 0 saturated heterocycles. The van der Waals surface area contributed by atoms with Gasteiger partial charge in [-0.3, -0.25) is 4.79 Å². The second kappa shape index (κ2) is 6.19. The van der Waals surface area contributed by atoms with Crippen molar-refractivity contribution in [3.05, 3.63) is 65.0 Å². The van der Waals surface area contributed by atoms with Gasteiger partial charge in [0.2, 0.25) is 0 Å². The summed E-state index contributed by atoms with van der Waals surface area (Å²) in [6, 6.07) is 11.9. The zero-order chi connectivity index (χ0) is 14.5. The monoisotopic (exact) mass is 272 g/mol. The molecule has 0 aromatic heterocycles. The van der Waals surface area contributed by atoms with Crippen molar-refractivity contribution in [3.8, 4) is 0 Å². The average molecular weight is 272 g/mol. The fourth-order valence-electron chi connectivity index (χ4n) is 1.91. The molecule has 0 aliphatic carbocycles. The van der Waals surface area contributed by atoms with Crippen LogP contribution in [-0.4, -0.2) is 13.0 Å². The number of benzene rings is 2. The first-order chi connectivity index (χ1) is 9.60. The lowest BCUT2D eigenvalue weighted by atomic mass is 10.1. The van der Waals surface area contributed by atoms with E-state index < -0.39 is 0 Å². The van der Waals surface area contributed by atoms with E-state index in [9.17, 15) is 9.18 Å². The minimum Gasteiger partial charge on any atom is -0.381 e. The maximum absolute atomic E-state index is 13.2. The van der Waals surface area contributed by atoms with Crippen LogP contribution in [0.4, 0.5) is 10.1 Å². The molecule has 0 aliphatic heterocycles. The molecule has 0 aliphatic rings. The molecule has 2 aromatic carbocycles. The van der Waals surface area contributed by atoms with E-state index in [0.717, 1.165) is 16.8 Å². The Morgan fingerprint density at radius 3 is 2.50 bits per heavy atom. The van der Waals surface area contributed by atoms with Crippen LogP contribution in [0.1, 0.15) is 21.5 Å². The normalized spacial score (nSPS) is 10.2. The third-order valence-electron chi connectivity index (χ3n) is 3.17. The largest absolute Gasteiger partial charge is 0.381 e. The van der Waals surface area contributed by atoms with Gasteiger partial charge in [-0.1, -0.05) is 6.07 Å². The minimum absolute atomic E-state index is 0.113. The maximum Gasteiger partial charge on any atom is 0.251 e. The van der Waals surface area contributed by atoms with E-state index in [0.29, 0.717) is 12.1 Å². The zero-order valence-corrected chi connectivity index (χ0v) is 11.5. The number of nitrogens with one attached hydrogen (secondary N) is 2. The van der Waals surface area contributed by atoms with E-state index in [2.05, 4.69) is 10.6 Å². The Hall–Kier alpha value is -2.36. The topological polar surface area (TPSA) is 41.1 Å². The van der Waals surface area contributed by atoms with Crippen LogP contribution in [0.25, 0.3) is 0 Å². The summed E-state index contributed by atoms with van der Waals surface area (Å²) in [5, 5.41) is 5.79. The van der Waals surface area contributed by atoms with Crippen molar-refractivity contribution in [1.29, 1.82) is 0 Å². The van der Waals surface area contributed by atoms with E-state index in [4.69, 9.17) is 0 Å². The highest BCUT2D eigenvalue weighted by atomic mass is 19.1. The first kappa shape index (κ1) is 14.1. The van der Waals surface area contributed by atoms with Gasteiger partial charge in [-0.25, -0.2) is 4.39 Å². The molecule has 0 atom stereocenters. The molecule has 0 saturated carbocycles. The Bertz CT molecular complexity index is 608. The third-order valence-corrected chi connectivity index (χ3v) is 3.17. The number of carbonyl (C=O) groups excluding carboxylic acids is 1. The minimum atomic E-state index is -0.234. The maximum atomic E-state index is 13.2. The molecule has 1 amide bonds. The van der Waals surface area contributed by atoms with Crippen LogP contribution in [0.5, 0.6) is 0 Å². The van der Waals surface area contributed by atoms with Gasteiger partial charge in [0.15, 0.2) is 0 Å². The Balaban J connectivity index is 2.04. The van der Waals surface area contributed by atoms with Crippen LogP contribution in [-0.2, 0) is 6.54 Å². The summed E-state index contributed by atoms with van der Waals surface area (Å²) < 4.78 is 13.2. The van der Waals surface area contributed by atoms with E-state index >= 15 is 0 Å².